The van der Waals surface area contributed by atoms with Gasteiger partial charge < -0.3 is 5.11 Å². The van der Waals surface area contributed by atoms with Crippen LogP contribution in [0, 0.1) is 18.6 Å². The zero-order valence-electron chi connectivity index (χ0n) is 9.20. The molecule has 1 aromatic rings. The lowest BCUT2D eigenvalue weighted by Crippen LogP contribution is -2.19. The van der Waals surface area contributed by atoms with E-state index >= 15 is 0 Å². The molecule has 2 N–H and O–H groups in total. The van der Waals surface area contributed by atoms with Crippen molar-refractivity contribution in [2.24, 2.45) is 0 Å². The average Bonchev–Trinajstić information content (AvgIpc) is 2.27. The van der Waals surface area contributed by atoms with Crippen LogP contribution >= 0.6 is 0 Å². The zero-order chi connectivity index (χ0) is 13.1. The Kier molecular flexibility index (Phi) is 4.41. The quantitative estimate of drug-likeness (QED) is 0.845. The molecule has 0 spiro atoms. The number of hydrogen-bond donors (Lipinski definition) is 2. The van der Waals surface area contributed by atoms with E-state index in [0.29, 0.717) is 0 Å². The summed E-state index contributed by atoms with van der Waals surface area (Å²) in [6.07, 6.45) is 0.00435. The first-order valence-corrected chi connectivity index (χ1v) is 6.58. The maximum Gasteiger partial charge on any atom is 0.232 e. The van der Waals surface area contributed by atoms with Crippen molar-refractivity contribution in [3.05, 3.63) is 29.3 Å². The molecule has 96 valence electrons. The van der Waals surface area contributed by atoms with Gasteiger partial charge in [0.1, 0.15) is 11.5 Å². The van der Waals surface area contributed by atoms with Crippen molar-refractivity contribution in [1.29, 1.82) is 0 Å². The van der Waals surface area contributed by atoms with Crippen LogP contribution in [0.3, 0.4) is 0 Å². The summed E-state index contributed by atoms with van der Waals surface area (Å²) in [7, 11) is -3.85. The van der Waals surface area contributed by atoms with E-state index in [1.54, 1.807) is 0 Å². The highest BCUT2D eigenvalue weighted by Crippen LogP contribution is 2.22. The van der Waals surface area contributed by atoms with Crippen molar-refractivity contribution in [1.82, 2.24) is 0 Å². The van der Waals surface area contributed by atoms with Crippen LogP contribution in [0.5, 0.6) is 0 Å². The van der Waals surface area contributed by atoms with E-state index in [9.17, 15) is 17.2 Å². The molecule has 0 aliphatic carbocycles. The van der Waals surface area contributed by atoms with Gasteiger partial charge in [-0.2, -0.15) is 0 Å². The van der Waals surface area contributed by atoms with Crippen LogP contribution in [0.1, 0.15) is 12.0 Å². The van der Waals surface area contributed by atoms with Crippen molar-refractivity contribution in [3.8, 4) is 0 Å². The number of aliphatic hydroxyl groups excluding tert-OH is 1. The summed E-state index contributed by atoms with van der Waals surface area (Å²) in [6, 6.07) is 2.21. The molecule has 0 amide bonds. The lowest BCUT2D eigenvalue weighted by molar-refractivity contribution is 0.295. The fourth-order valence-electron chi connectivity index (χ4n) is 1.21. The monoisotopic (exact) mass is 265 g/mol. The fourth-order valence-corrected chi connectivity index (χ4v) is 2.32. The first-order chi connectivity index (χ1) is 7.87. The number of aryl methyl sites for hydroxylation is 1. The molecular weight excluding hydrogens is 252 g/mol. The second-order valence-electron chi connectivity index (χ2n) is 3.55. The van der Waals surface area contributed by atoms with Crippen LogP contribution in [-0.2, 0) is 10.0 Å². The molecular formula is C10H13F2NO3S. The lowest BCUT2D eigenvalue weighted by Gasteiger charge is -2.10. The van der Waals surface area contributed by atoms with Gasteiger partial charge in [-0.25, -0.2) is 17.2 Å². The standard InChI is InChI=1S/C10H13F2NO3S/c1-7-3-4-8(11)10(9(7)12)13-17(15,16)6-2-5-14/h3-4,13-14H,2,5-6H2,1H3. The SMILES string of the molecule is Cc1ccc(F)c(NS(=O)(=O)CCCO)c1F. The third kappa shape index (κ3) is 3.64. The largest absolute Gasteiger partial charge is 0.396 e. The van der Waals surface area contributed by atoms with E-state index in [1.807, 2.05) is 4.72 Å². The predicted molar refractivity (Wildman–Crippen MR) is 60.2 cm³/mol. The number of hydrogen-bond acceptors (Lipinski definition) is 3. The molecule has 0 atom stereocenters. The molecule has 1 rings (SSSR count). The molecule has 0 saturated carbocycles. The summed E-state index contributed by atoms with van der Waals surface area (Å²) in [5, 5.41) is 8.51. The van der Waals surface area contributed by atoms with Gasteiger partial charge in [0.05, 0.1) is 5.75 Å². The Morgan fingerprint density at radius 2 is 2.00 bits per heavy atom. The molecule has 7 heteroatoms. The molecule has 0 saturated heterocycles. The second kappa shape index (κ2) is 5.42. The van der Waals surface area contributed by atoms with E-state index in [4.69, 9.17) is 5.11 Å². The van der Waals surface area contributed by atoms with Crippen LogP contribution in [0.4, 0.5) is 14.5 Å². The normalized spacial score (nSPS) is 11.5. The van der Waals surface area contributed by atoms with Crippen LogP contribution in [-0.4, -0.2) is 25.9 Å². The Balaban J connectivity index is 2.99. The molecule has 0 bridgehead atoms. The summed E-state index contributed by atoms with van der Waals surface area (Å²) in [4.78, 5) is 0. The van der Waals surface area contributed by atoms with Gasteiger partial charge in [0.25, 0.3) is 0 Å². The van der Waals surface area contributed by atoms with Gasteiger partial charge in [-0.1, -0.05) is 6.07 Å². The summed E-state index contributed by atoms with van der Waals surface area (Å²) < 4.78 is 51.4. The molecule has 0 aliphatic heterocycles. The molecule has 1 aromatic carbocycles. The maximum atomic E-state index is 13.5. The highest BCUT2D eigenvalue weighted by Gasteiger charge is 2.17. The van der Waals surface area contributed by atoms with Crippen molar-refractivity contribution < 1.29 is 22.3 Å². The van der Waals surface area contributed by atoms with Gasteiger partial charge >= 0.3 is 0 Å². The highest BCUT2D eigenvalue weighted by molar-refractivity contribution is 7.92. The molecule has 0 aromatic heterocycles. The predicted octanol–water partition coefficient (Wildman–Crippen LogP) is 1.40. The van der Waals surface area contributed by atoms with Gasteiger partial charge in [0.15, 0.2) is 5.82 Å². The number of sulfonamides is 1. The minimum absolute atomic E-state index is 0.00435. The lowest BCUT2D eigenvalue weighted by atomic mass is 10.2. The van der Waals surface area contributed by atoms with Crippen LogP contribution < -0.4 is 4.72 Å². The van der Waals surface area contributed by atoms with Crippen molar-refractivity contribution in [2.75, 3.05) is 17.1 Å². The van der Waals surface area contributed by atoms with Crippen molar-refractivity contribution in [2.45, 2.75) is 13.3 Å². The topological polar surface area (TPSA) is 66.4 Å². The van der Waals surface area contributed by atoms with Gasteiger partial charge in [0, 0.05) is 6.61 Å². The molecule has 0 fully saturated rings. The van der Waals surface area contributed by atoms with Gasteiger partial charge in [-0.05, 0) is 25.0 Å². The molecule has 0 radical (unpaired) electrons. The Bertz CT molecular complexity index is 503. The Morgan fingerprint density at radius 1 is 1.35 bits per heavy atom. The minimum atomic E-state index is -3.85. The third-order valence-electron chi connectivity index (χ3n) is 2.11. The van der Waals surface area contributed by atoms with Crippen molar-refractivity contribution >= 4 is 15.7 Å². The van der Waals surface area contributed by atoms with E-state index in [1.165, 1.54) is 13.0 Å². The molecule has 0 heterocycles. The van der Waals surface area contributed by atoms with Crippen molar-refractivity contribution in [3.63, 3.8) is 0 Å². The number of benzene rings is 1. The molecule has 0 aliphatic rings. The summed E-state index contributed by atoms with van der Waals surface area (Å²) >= 11 is 0. The molecule has 0 unspecified atom stereocenters. The third-order valence-corrected chi connectivity index (χ3v) is 3.45. The zero-order valence-corrected chi connectivity index (χ0v) is 10.0. The molecule has 17 heavy (non-hydrogen) atoms. The first kappa shape index (κ1) is 13.9. The van der Waals surface area contributed by atoms with E-state index in [-0.39, 0.29) is 18.6 Å². The number of anilines is 1. The van der Waals surface area contributed by atoms with Crippen LogP contribution in [0.2, 0.25) is 0 Å². The fraction of sp³-hybridized carbons (Fsp3) is 0.400. The maximum absolute atomic E-state index is 13.5. The first-order valence-electron chi connectivity index (χ1n) is 4.93. The van der Waals surface area contributed by atoms with Crippen LogP contribution in [0.15, 0.2) is 12.1 Å². The summed E-state index contributed by atoms with van der Waals surface area (Å²) in [6.45, 7) is 1.10. The Labute approximate surface area is 98.3 Å². The number of nitrogens with one attached hydrogen (secondary N) is 1. The highest BCUT2D eigenvalue weighted by atomic mass is 32.2. The van der Waals surface area contributed by atoms with Gasteiger partial charge in [0.2, 0.25) is 10.0 Å². The molecule has 4 nitrogen and oxygen atoms in total. The van der Waals surface area contributed by atoms with E-state index in [2.05, 4.69) is 0 Å². The number of aliphatic hydroxyl groups is 1. The van der Waals surface area contributed by atoms with Gasteiger partial charge in [-0.15, -0.1) is 0 Å². The number of rotatable bonds is 5. The Hall–Kier alpha value is -1.21. The van der Waals surface area contributed by atoms with Gasteiger partial charge in [-0.3, -0.25) is 4.72 Å². The smallest absolute Gasteiger partial charge is 0.232 e. The summed E-state index contributed by atoms with van der Waals surface area (Å²) in [5.41, 5.74) is -0.533. The van der Waals surface area contributed by atoms with E-state index in [0.717, 1.165) is 6.07 Å². The van der Waals surface area contributed by atoms with E-state index < -0.39 is 33.1 Å². The summed E-state index contributed by atoms with van der Waals surface area (Å²) in [5.74, 6) is -2.30. The minimum Gasteiger partial charge on any atom is -0.396 e. The second-order valence-corrected chi connectivity index (χ2v) is 5.39. The average molecular weight is 265 g/mol. The Morgan fingerprint density at radius 3 is 2.59 bits per heavy atom. The van der Waals surface area contributed by atoms with Crippen LogP contribution in [0.25, 0.3) is 0 Å². The number of halogens is 2.